The van der Waals surface area contributed by atoms with Gasteiger partial charge < -0.3 is 10.5 Å². The van der Waals surface area contributed by atoms with Gasteiger partial charge in [0.15, 0.2) is 5.65 Å². The Kier molecular flexibility index (Phi) is 4.64. The van der Waals surface area contributed by atoms with E-state index in [0.717, 1.165) is 28.0 Å². The number of hydrogen-bond acceptors (Lipinski definition) is 5. The number of nitrogens with zero attached hydrogens (tertiary/aromatic N) is 4. The van der Waals surface area contributed by atoms with Gasteiger partial charge in [0.25, 0.3) is 0 Å². The molecular formula is C20H18ClN5O. The average Bonchev–Trinajstić information content (AvgIpc) is 3.08. The van der Waals surface area contributed by atoms with Gasteiger partial charge in [-0.15, -0.1) is 11.6 Å². The van der Waals surface area contributed by atoms with Crippen LogP contribution in [0.1, 0.15) is 10.9 Å². The van der Waals surface area contributed by atoms with Crippen molar-refractivity contribution in [2.24, 2.45) is 0 Å². The van der Waals surface area contributed by atoms with Crippen LogP contribution >= 0.6 is 11.6 Å². The highest BCUT2D eigenvalue weighted by atomic mass is 35.5. The van der Waals surface area contributed by atoms with Crippen LogP contribution in [0.15, 0.2) is 60.9 Å². The molecule has 0 radical (unpaired) electrons. The lowest BCUT2D eigenvalue weighted by Gasteiger charge is -2.10. The lowest BCUT2D eigenvalue weighted by atomic mass is 10.1. The molecule has 2 aromatic carbocycles. The Bertz CT molecular complexity index is 1060. The second kappa shape index (κ2) is 7.25. The van der Waals surface area contributed by atoms with Crippen molar-refractivity contribution in [1.29, 1.82) is 0 Å². The number of nitrogen functional groups attached to an aromatic ring is 1. The standard InChI is InChI=1S/C20H18ClN5O/c1-27-15-9-7-14(8-10-15)18-17-19(22)23-12-24-20(17)26(25-18)11-16(21)13-5-3-2-4-6-13/h2-10,12,16H,11H2,1H3,(H2,22,23,24). The molecule has 0 fully saturated rings. The fourth-order valence-electron chi connectivity index (χ4n) is 3.03. The number of rotatable bonds is 5. The predicted octanol–water partition coefficient (Wildman–Crippen LogP) is 4.06. The summed E-state index contributed by atoms with van der Waals surface area (Å²) in [6.07, 6.45) is 1.44. The van der Waals surface area contributed by atoms with Gasteiger partial charge in [0.1, 0.15) is 23.6 Å². The summed E-state index contributed by atoms with van der Waals surface area (Å²) in [6, 6.07) is 17.5. The molecule has 1 atom stereocenters. The van der Waals surface area contributed by atoms with Crippen molar-refractivity contribution in [2.75, 3.05) is 12.8 Å². The minimum atomic E-state index is -0.241. The van der Waals surface area contributed by atoms with E-state index >= 15 is 0 Å². The molecule has 2 aromatic heterocycles. The normalized spacial score (nSPS) is 12.2. The molecule has 0 bridgehead atoms. The van der Waals surface area contributed by atoms with Crippen LogP contribution in [0.25, 0.3) is 22.3 Å². The SMILES string of the molecule is COc1ccc(-c2nn(CC(Cl)c3ccccc3)c3ncnc(N)c23)cc1. The second-order valence-corrected chi connectivity index (χ2v) is 6.62. The molecule has 0 aliphatic heterocycles. The first kappa shape index (κ1) is 17.3. The van der Waals surface area contributed by atoms with Crippen LogP contribution in [0.2, 0.25) is 0 Å². The van der Waals surface area contributed by atoms with Gasteiger partial charge in [-0.3, -0.25) is 0 Å². The first-order valence-electron chi connectivity index (χ1n) is 8.48. The van der Waals surface area contributed by atoms with Gasteiger partial charge in [-0.1, -0.05) is 30.3 Å². The van der Waals surface area contributed by atoms with Gasteiger partial charge in [0.05, 0.1) is 24.4 Å². The number of halogens is 1. The minimum absolute atomic E-state index is 0.241. The predicted molar refractivity (Wildman–Crippen MR) is 107 cm³/mol. The monoisotopic (exact) mass is 379 g/mol. The highest BCUT2D eigenvalue weighted by molar-refractivity contribution is 6.20. The van der Waals surface area contributed by atoms with Gasteiger partial charge >= 0.3 is 0 Å². The molecule has 0 spiro atoms. The van der Waals surface area contributed by atoms with E-state index in [4.69, 9.17) is 27.2 Å². The maximum atomic E-state index is 6.62. The summed E-state index contributed by atoms with van der Waals surface area (Å²) < 4.78 is 7.02. The number of fused-ring (bicyclic) bond motifs is 1. The number of nitrogens with two attached hydrogens (primary N) is 1. The number of alkyl halides is 1. The Morgan fingerprint density at radius 1 is 1.07 bits per heavy atom. The maximum Gasteiger partial charge on any atom is 0.164 e. The van der Waals surface area contributed by atoms with Crippen LogP contribution in [0, 0.1) is 0 Å². The van der Waals surface area contributed by atoms with Crippen LogP contribution in [-0.4, -0.2) is 26.9 Å². The molecule has 27 heavy (non-hydrogen) atoms. The Morgan fingerprint density at radius 2 is 1.81 bits per heavy atom. The molecule has 2 N–H and O–H groups in total. The van der Waals surface area contributed by atoms with Crippen molar-refractivity contribution >= 4 is 28.5 Å². The van der Waals surface area contributed by atoms with E-state index in [9.17, 15) is 0 Å². The Balaban J connectivity index is 1.79. The van der Waals surface area contributed by atoms with E-state index in [1.807, 2.05) is 54.6 Å². The quantitative estimate of drug-likeness (QED) is 0.529. The zero-order valence-corrected chi connectivity index (χ0v) is 15.5. The van der Waals surface area contributed by atoms with E-state index in [1.165, 1.54) is 6.33 Å². The molecule has 6 nitrogen and oxygen atoms in total. The summed E-state index contributed by atoms with van der Waals surface area (Å²) in [7, 11) is 1.63. The second-order valence-electron chi connectivity index (χ2n) is 6.09. The summed E-state index contributed by atoms with van der Waals surface area (Å²) in [5, 5.41) is 5.23. The number of ether oxygens (including phenoxy) is 1. The lowest BCUT2D eigenvalue weighted by molar-refractivity contribution is 0.415. The Morgan fingerprint density at radius 3 is 2.52 bits per heavy atom. The van der Waals surface area contributed by atoms with Crippen molar-refractivity contribution in [1.82, 2.24) is 19.7 Å². The third-order valence-electron chi connectivity index (χ3n) is 4.42. The van der Waals surface area contributed by atoms with Crippen molar-refractivity contribution in [3.05, 3.63) is 66.5 Å². The summed E-state index contributed by atoms with van der Waals surface area (Å²) in [5.74, 6) is 1.17. The van der Waals surface area contributed by atoms with Crippen LogP contribution in [0.4, 0.5) is 5.82 Å². The van der Waals surface area contributed by atoms with E-state index in [1.54, 1.807) is 11.8 Å². The zero-order chi connectivity index (χ0) is 18.8. The zero-order valence-electron chi connectivity index (χ0n) is 14.7. The van der Waals surface area contributed by atoms with Crippen LogP contribution < -0.4 is 10.5 Å². The summed E-state index contributed by atoms with van der Waals surface area (Å²) in [5.41, 5.74) is 9.46. The largest absolute Gasteiger partial charge is 0.497 e. The van der Waals surface area contributed by atoms with E-state index in [-0.39, 0.29) is 5.38 Å². The highest BCUT2D eigenvalue weighted by Crippen LogP contribution is 2.32. The number of methoxy groups -OCH3 is 1. The number of hydrogen-bond donors (Lipinski definition) is 1. The van der Waals surface area contributed by atoms with Crippen molar-refractivity contribution in [2.45, 2.75) is 11.9 Å². The first-order chi connectivity index (χ1) is 13.2. The third-order valence-corrected chi connectivity index (χ3v) is 4.81. The smallest absolute Gasteiger partial charge is 0.164 e. The molecule has 0 aliphatic carbocycles. The minimum Gasteiger partial charge on any atom is -0.497 e. The Hall–Kier alpha value is -3.12. The topological polar surface area (TPSA) is 78.8 Å². The molecule has 2 heterocycles. The molecular weight excluding hydrogens is 362 g/mol. The molecule has 0 aliphatic rings. The van der Waals surface area contributed by atoms with Gasteiger partial charge in [0.2, 0.25) is 0 Å². The van der Waals surface area contributed by atoms with Gasteiger partial charge in [-0.25, -0.2) is 14.6 Å². The van der Waals surface area contributed by atoms with Crippen molar-refractivity contribution < 1.29 is 4.74 Å². The van der Waals surface area contributed by atoms with Crippen LogP contribution in [0.5, 0.6) is 5.75 Å². The highest BCUT2D eigenvalue weighted by Gasteiger charge is 2.19. The summed E-state index contributed by atoms with van der Waals surface area (Å²) in [4.78, 5) is 8.53. The molecule has 0 saturated heterocycles. The Labute approximate surface area is 161 Å². The molecule has 7 heteroatoms. The van der Waals surface area contributed by atoms with Gasteiger partial charge in [-0.2, -0.15) is 5.10 Å². The van der Waals surface area contributed by atoms with E-state index in [2.05, 4.69) is 9.97 Å². The van der Waals surface area contributed by atoms with Gasteiger partial charge in [0, 0.05) is 5.56 Å². The molecule has 136 valence electrons. The molecule has 4 aromatic rings. The number of aromatic nitrogens is 4. The average molecular weight is 380 g/mol. The fourth-order valence-corrected chi connectivity index (χ4v) is 3.30. The van der Waals surface area contributed by atoms with Crippen molar-refractivity contribution in [3.63, 3.8) is 0 Å². The van der Waals surface area contributed by atoms with Crippen LogP contribution in [-0.2, 0) is 6.54 Å². The third kappa shape index (κ3) is 3.31. The molecule has 4 rings (SSSR count). The summed E-state index contributed by atoms with van der Waals surface area (Å²) >= 11 is 6.62. The van der Waals surface area contributed by atoms with E-state index in [0.29, 0.717) is 18.0 Å². The molecule has 0 saturated carbocycles. The van der Waals surface area contributed by atoms with Gasteiger partial charge in [-0.05, 0) is 29.8 Å². The molecule has 1 unspecified atom stereocenters. The lowest BCUT2D eigenvalue weighted by Crippen LogP contribution is -2.07. The van der Waals surface area contributed by atoms with E-state index < -0.39 is 0 Å². The maximum absolute atomic E-state index is 6.62. The fraction of sp³-hybridized carbons (Fsp3) is 0.150. The first-order valence-corrected chi connectivity index (χ1v) is 8.91. The van der Waals surface area contributed by atoms with Crippen molar-refractivity contribution in [3.8, 4) is 17.0 Å². The number of benzene rings is 2. The number of anilines is 1. The van der Waals surface area contributed by atoms with Crippen LogP contribution in [0.3, 0.4) is 0 Å². The summed E-state index contributed by atoms with van der Waals surface area (Å²) in [6.45, 7) is 0.467. The molecule has 0 amide bonds.